The van der Waals surface area contributed by atoms with E-state index in [0.717, 1.165) is 0 Å². The Hall–Kier alpha value is -0.683. The summed E-state index contributed by atoms with van der Waals surface area (Å²) in [6.45, 7) is 0.640. The number of alkyl halides is 17. The maximum absolute atomic E-state index is 14.0. The summed E-state index contributed by atoms with van der Waals surface area (Å²) in [7, 11) is -3.10. The van der Waals surface area contributed by atoms with E-state index in [2.05, 4.69) is 0 Å². The lowest BCUT2D eigenvalue weighted by Gasteiger charge is -2.46. The molecule has 0 amide bonds. The molecule has 0 aliphatic rings. The molecule has 0 aromatic carbocycles. The molecular weight excluding hydrogens is 531 g/mol. The van der Waals surface area contributed by atoms with E-state index in [0.29, 0.717) is 6.92 Å². The van der Waals surface area contributed by atoms with Gasteiger partial charge in [-0.1, -0.05) is 13.8 Å². The zero-order valence-corrected chi connectivity index (χ0v) is 16.9. The fourth-order valence-electron chi connectivity index (χ4n) is 1.94. The van der Waals surface area contributed by atoms with Crippen LogP contribution in [-0.4, -0.2) is 56.5 Å². The van der Waals surface area contributed by atoms with Crippen LogP contribution in [0, 0.1) is 0 Å². The second-order valence-electron chi connectivity index (χ2n) is 6.57. The van der Waals surface area contributed by atoms with Crippen molar-refractivity contribution in [3.63, 3.8) is 0 Å². The molecule has 0 aromatic heterocycles. The Morgan fingerprint density at radius 3 is 0.903 bits per heavy atom. The minimum Gasteiger partial charge on any atom is -0.199 e. The molecule has 0 radical (unpaired) electrons. The molecule has 0 rings (SSSR count). The molecule has 31 heavy (non-hydrogen) atoms. The summed E-state index contributed by atoms with van der Waals surface area (Å²) in [5.74, 6) is -56.2. The Labute approximate surface area is 168 Å². The molecule has 0 spiro atoms. The average Bonchev–Trinajstić information content (AvgIpc) is 2.58. The summed E-state index contributed by atoms with van der Waals surface area (Å²) >= 11 is 5.04. The van der Waals surface area contributed by atoms with Gasteiger partial charge in [-0.25, -0.2) is 0 Å². The van der Waals surface area contributed by atoms with Crippen molar-refractivity contribution in [3.05, 3.63) is 0 Å². The second kappa shape index (κ2) is 7.68. The molecule has 0 heterocycles. The van der Waals surface area contributed by atoms with Crippen molar-refractivity contribution < 1.29 is 74.6 Å². The van der Waals surface area contributed by atoms with Gasteiger partial charge in [-0.3, -0.25) is 0 Å². The molecule has 0 aromatic rings. The van der Waals surface area contributed by atoms with E-state index in [9.17, 15) is 74.6 Å². The molecular formula is C12H10ClF17Si. The van der Waals surface area contributed by atoms with E-state index in [-0.39, 0.29) is 6.92 Å². The zero-order valence-electron chi connectivity index (χ0n) is 14.7. The topological polar surface area (TPSA) is 0 Å². The molecule has 0 aliphatic heterocycles. The first-order chi connectivity index (χ1) is 13.1. The molecule has 0 saturated heterocycles. The summed E-state index contributed by atoms with van der Waals surface area (Å²) in [5.41, 5.74) is 0. The van der Waals surface area contributed by atoms with Crippen molar-refractivity contribution in [2.75, 3.05) is 0 Å². The second-order valence-corrected chi connectivity index (χ2v) is 9.20. The summed E-state index contributed by atoms with van der Waals surface area (Å²) in [6, 6.07) is 0. The van der Waals surface area contributed by atoms with Crippen LogP contribution in [0.5, 0.6) is 0 Å². The van der Waals surface area contributed by atoms with Crippen LogP contribution < -0.4 is 0 Å². The monoisotopic (exact) mass is 540 g/mol. The van der Waals surface area contributed by atoms with E-state index in [4.69, 9.17) is 11.1 Å². The van der Waals surface area contributed by atoms with Gasteiger partial charge < -0.3 is 0 Å². The van der Waals surface area contributed by atoms with Gasteiger partial charge in [-0.2, -0.15) is 85.7 Å². The highest BCUT2D eigenvalue weighted by atomic mass is 35.6. The Balaban J connectivity index is 6.91. The van der Waals surface area contributed by atoms with Crippen molar-refractivity contribution in [2.45, 2.75) is 72.9 Å². The number of halogens is 18. The van der Waals surface area contributed by atoms with Gasteiger partial charge in [-0.15, -0.1) is 0 Å². The molecule has 0 aliphatic carbocycles. The molecule has 0 saturated carbocycles. The third-order valence-electron chi connectivity index (χ3n) is 4.56. The molecule has 0 bridgehead atoms. The summed E-state index contributed by atoms with van der Waals surface area (Å²) in [6.07, 6.45) is -9.02. The van der Waals surface area contributed by atoms with Crippen LogP contribution in [0.2, 0.25) is 5.04 Å². The number of rotatable bonds is 9. The van der Waals surface area contributed by atoms with Crippen LogP contribution in [0.3, 0.4) is 0 Å². The van der Waals surface area contributed by atoms with Gasteiger partial charge >= 0.3 is 47.6 Å². The summed E-state index contributed by atoms with van der Waals surface area (Å²) in [5, 5.41) is -3.44. The third kappa shape index (κ3) is 3.66. The maximum Gasteiger partial charge on any atom is 0.460 e. The van der Waals surface area contributed by atoms with Crippen LogP contribution in [-0.2, 0) is 0 Å². The minimum atomic E-state index is -8.61. The fourth-order valence-corrected chi connectivity index (χ4v) is 3.59. The van der Waals surface area contributed by atoms with E-state index in [1.54, 1.807) is 0 Å². The van der Waals surface area contributed by atoms with Gasteiger partial charge in [0.25, 0.3) is 0 Å². The molecule has 0 nitrogen and oxygen atoms in total. The van der Waals surface area contributed by atoms with Crippen molar-refractivity contribution in [3.8, 4) is 0 Å². The Morgan fingerprint density at radius 2 is 0.710 bits per heavy atom. The van der Waals surface area contributed by atoms with Gasteiger partial charge in [-0.05, 0) is 6.42 Å². The first-order valence-corrected chi connectivity index (χ1v) is 10.2. The van der Waals surface area contributed by atoms with E-state index >= 15 is 0 Å². The summed E-state index contributed by atoms with van der Waals surface area (Å²) in [4.78, 5) is 0. The van der Waals surface area contributed by atoms with Gasteiger partial charge in [0.15, 0.2) is 0 Å². The highest BCUT2D eigenvalue weighted by Crippen LogP contribution is 2.66. The van der Waals surface area contributed by atoms with Crippen molar-refractivity contribution in [2.24, 2.45) is 0 Å². The number of hydrogen-bond donors (Lipinski definition) is 0. The third-order valence-corrected chi connectivity index (χ3v) is 7.86. The largest absolute Gasteiger partial charge is 0.460 e. The van der Waals surface area contributed by atoms with Crippen LogP contribution >= 0.6 is 11.1 Å². The zero-order chi connectivity index (χ0) is 25.9. The molecule has 0 fully saturated rings. The van der Waals surface area contributed by atoms with Crippen molar-refractivity contribution in [1.29, 1.82) is 0 Å². The molecule has 1 atom stereocenters. The van der Waals surface area contributed by atoms with Crippen LogP contribution in [0.15, 0.2) is 0 Å². The van der Waals surface area contributed by atoms with E-state index < -0.39 is 67.9 Å². The SMILES string of the molecule is CCC(C)([SiH2]Cl)C(F)(F)C(F)(F)C(F)(F)C(F)(F)C(F)(F)C(F)(F)C(F)(F)C(F)(F)F. The van der Waals surface area contributed by atoms with Gasteiger partial charge in [0.2, 0.25) is 0 Å². The minimum absolute atomic E-state index is 0.0406. The predicted octanol–water partition coefficient (Wildman–Crippen LogP) is 6.91. The van der Waals surface area contributed by atoms with Crippen molar-refractivity contribution >= 4 is 19.9 Å². The van der Waals surface area contributed by atoms with Crippen LogP contribution in [0.25, 0.3) is 0 Å². The highest BCUT2D eigenvalue weighted by molar-refractivity contribution is 6.95. The van der Waals surface area contributed by atoms with Gasteiger partial charge in [0.1, 0.15) is 8.83 Å². The lowest BCUT2D eigenvalue weighted by atomic mass is 9.84. The lowest BCUT2D eigenvalue weighted by molar-refractivity contribution is -0.462. The Bertz CT molecular complexity index is 648. The number of hydrogen-bond acceptors (Lipinski definition) is 0. The lowest BCUT2D eigenvalue weighted by Crippen LogP contribution is -2.75. The van der Waals surface area contributed by atoms with Gasteiger partial charge in [0.05, 0.1) is 0 Å². The first-order valence-electron chi connectivity index (χ1n) is 7.39. The molecule has 19 heteroatoms. The first kappa shape index (κ1) is 30.3. The van der Waals surface area contributed by atoms with E-state index in [1.165, 1.54) is 0 Å². The van der Waals surface area contributed by atoms with Crippen LogP contribution in [0.4, 0.5) is 74.6 Å². The molecule has 0 N–H and O–H groups in total. The van der Waals surface area contributed by atoms with Crippen molar-refractivity contribution in [1.82, 2.24) is 0 Å². The Kier molecular flexibility index (Phi) is 7.51. The normalized spacial score (nSPS) is 18.6. The summed E-state index contributed by atoms with van der Waals surface area (Å²) < 4.78 is 224. The molecule has 1 unspecified atom stereocenters. The van der Waals surface area contributed by atoms with Crippen LogP contribution in [0.1, 0.15) is 20.3 Å². The average molecular weight is 541 g/mol. The standard InChI is InChI=1S/C12H10ClF17Si/c1-3-4(2,31-13)5(14,15)6(16,17)7(18,19)8(20,21)9(22,23)10(24,25)11(26,27)12(28,29)30/h3,31H2,1-2H3. The van der Waals surface area contributed by atoms with E-state index in [1.807, 2.05) is 0 Å². The Morgan fingerprint density at radius 1 is 0.484 bits per heavy atom. The van der Waals surface area contributed by atoms with Gasteiger partial charge in [0, 0.05) is 5.04 Å². The fraction of sp³-hybridized carbons (Fsp3) is 1.00. The highest BCUT2D eigenvalue weighted by Gasteiger charge is 2.95. The predicted molar refractivity (Wildman–Crippen MR) is 73.7 cm³/mol. The maximum atomic E-state index is 14.0. The molecule has 188 valence electrons. The smallest absolute Gasteiger partial charge is 0.199 e. The quantitative estimate of drug-likeness (QED) is 0.169.